The summed E-state index contributed by atoms with van der Waals surface area (Å²) in [4.78, 5) is 25.5. The van der Waals surface area contributed by atoms with Crippen LogP contribution >= 0.6 is 0 Å². The number of amides is 1. The summed E-state index contributed by atoms with van der Waals surface area (Å²) < 4.78 is 25.9. The molecule has 132 valence electrons. The minimum absolute atomic E-state index is 0.106. The van der Waals surface area contributed by atoms with Crippen molar-refractivity contribution < 1.29 is 23.1 Å². The van der Waals surface area contributed by atoms with Crippen LogP contribution in [0.4, 0.5) is 0 Å². The fourth-order valence-corrected chi connectivity index (χ4v) is 5.33. The monoisotopic (exact) mass is 353 g/mol. The Labute approximate surface area is 142 Å². The van der Waals surface area contributed by atoms with Gasteiger partial charge in [0.2, 0.25) is 5.91 Å². The number of benzene rings is 1. The minimum atomic E-state index is -3.84. The molecule has 1 amide bonds. The lowest BCUT2D eigenvalue weighted by atomic mass is 10.0. The molecule has 1 fully saturated rings. The average Bonchev–Trinajstić information content (AvgIpc) is 2.86. The van der Waals surface area contributed by atoms with Crippen LogP contribution in [0.15, 0.2) is 35.2 Å². The molecular weight excluding hydrogens is 330 g/mol. The van der Waals surface area contributed by atoms with Crippen molar-refractivity contribution in [3.05, 3.63) is 30.3 Å². The Balaban J connectivity index is 2.43. The fraction of sp³-hybridized carbons (Fsp3) is 0.529. The van der Waals surface area contributed by atoms with Crippen LogP contribution in [0, 0.1) is 5.92 Å². The maximum absolute atomic E-state index is 13.0. The number of aliphatic carboxylic acids is 1. The Bertz CT molecular complexity index is 701. The molecular formula is C17H23NO5S. The van der Waals surface area contributed by atoms with E-state index in [1.54, 1.807) is 25.1 Å². The van der Waals surface area contributed by atoms with Crippen molar-refractivity contribution in [3.63, 3.8) is 0 Å². The molecule has 2 unspecified atom stereocenters. The third-order valence-electron chi connectivity index (χ3n) is 4.50. The number of sulfone groups is 1. The zero-order chi connectivity index (χ0) is 17.9. The summed E-state index contributed by atoms with van der Waals surface area (Å²) in [5, 5.41) is 8.13. The summed E-state index contributed by atoms with van der Waals surface area (Å²) in [7, 11) is -3.84. The van der Waals surface area contributed by atoms with Crippen molar-refractivity contribution >= 4 is 21.7 Å². The van der Waals surface area contributed by atoms with Crippen molar-refractivity contribution in [2.75, 3.05) is 6.54 Å². The predicted octanol–water partition coefficient (Wildman–Crippen LogP) is 1.95. The molecule has 1 heterocycles. The number of hydrogen-bond acceptors (Lipinski definition) is 4. The van der Waals surface area contributed by atoms with E-state index >= 15 is 0 Å². The van der Waals surface area contributed by atoms with E-state index in [0.29, 0.717) is 6.42 Å². The van der Waals surface area contributed by atoms with Crippen LogP contribution < -0.4 is 0 Å². The summed E-state index contributed by atoms with van der Waals surface area (Å²) in [5.74, 6) is -2.08. The van der Waals surface area contributed by atoms with Crippen LogP contribution in [0.5, 0.6) is 0 Å². The first-order valence-electron chi connectivity index (χ1n) is 8.16. The quantitative estimate of drug-likeness (QED) is 0.809. The van der Waals surface area contributed by atoms with Gasteiger partial charge in [0.15, 0.2) is 9.84 Å². The summed E-state index contributed by atoms with van der Waals surface area (Å²) in [6.45, 7) is 3.78. The molecule has 1 N–H and O–H groups in total. The maximum Gasteiger partial charge on any atom is 0.326 e. The van der Waals surface area contributed by atoms with E-state index < -0.39 is 33.0 Å². The summed E-state index contributed by atoms with van der Waals surface area (Å²) in [6, 6.07) is 6.91. The number of likely N-dealkylation sites (tertiary alicyclic amines) is 1. The highest BCUT2D eigenvalue weighted by Crippen LogP contribution is 2.33. The first-order chi connectivity index (χ1) is 11.3. The van der Waals surface area contributed by atoms with E-state index in [4.69, 9.17) is 0 Å². The van der Waals surface area contributed by atoms with Crippen molar-refractivity contribution in [2.45, 2.75) is 49.3 Å². The standard InChI is InChI=1S/C17H23NO5S/c1-3-8-12-11-18(14(4-2)17(20)21)16(19)15(12)24(22,23)13-9-6-5-7-10-13/h5-7,9-10,12,14-15H,3-4,8,11H2,1-2H3,(H,20,21)/t12-,14?,15?/m0/s1. The van der Waals surface area contributed by atoms with Crippen LogP contribution in [-0.4, -0.2) is 48.1 Å². The molecule has 24 heavy (non-hydrogen) atoms. The molecule has 7 heteroatoms. The molecule has 0 spiro atoms. The van der Waals surface area contributed by atoms with E-state index in [1.165, 1.54) is 17.0 Å². The second-order valence-corrected chi connectivity index (χ2v) is 8.15. The van der Waals surface area contributed by atoms with Crippen LogP contribution in [-0.2, 0) is 19.4 Å². The van der Waals surface area contributed by atoms with Gasteiger partial charge in [0.05, 0.1) is 4.90 Å². The summed E-state index contributed by atoms with van der Waals surface area (Å²) in [5.41, 5.74) is 0. The molecule has 1 aliphatic heterocycles. The van der Waals surface area contributed by atoms with Gasteiger partial charge in [-0.15, -0.1) is 0 Å². The van der Waals surface area contributed by atoms with Crippen molar-refractivity contribution in [2.24, 2.45) is 5.92 Å². The fourth-order valence-electron chi connectivity index (χ4n) is 3.37. The lowest BCUT2D eigenvalue weighted by Crippen LogP contribution is -2.44. The Morgan fingerprint density at radius 1 is 1.29 bits per heavy atom. The van der Waals surface area contributed by atoms with Gasteiger partial charge >= 0.3 is 5.97 Å². The van der Waals surface area contributed by atoms with Crippen molar-refractivity contribution in [3.8, 4) is 0 Å². The van der Waals surface area contributed by atoms with Gasteiger partial charge in [0, 0.05) is 12.5 Å². The van der Waals surface area contributed by atoms with Gasteiger partial charge in [-0.2, -0.15) is 0 Å². The molecule has 3 atom stereocenters. The van der Waals surface area contributed by atoms with Crippen molar-refractivity contribution in [1.82, 2.24) is 4.90 Å². The highest BCUT2D eigenvalue weighted by Gasteiger charge is 2.50. The van der Waals surface area contributed by atoms with Gasteiger partial charge in [-0.1, -0.05) is 38.5 Å². The van der Waals surface area contributed by atoms with E-state index in [0.717, 1.165) is 6.42 Å². The first kappa shape index (κ1) is 18.4. The number of carboxylic acid groups (broad SMARTS) is 1. The number of carboxylic acids is 1. The second kappa shape index (κ2) is 7.34. The maximum atomic E-state index is 13.0. The number of carbonyl (C=O) groups is 2. The van der Waals surface area contributed by atoms with E-state index in [-0.39, 0.29) is 23.8 Å². The Hall–Kier alpha value is -1.89. The Kier molecular flexibility index (Phi) is 5.64. The van der Waals surface area contributed by atoms with Crippen molar-refractivity contribution in [1.29, 1.82) is 0 Å². The topological polar surface area (TPSA) is 91.8 Å². The van der Waals surface area contributed by atoms with E-state index in [9.17, 15) is 23.1 Å². The van der Waals surface area contributed by atoms with E-state index in [2.05, 4.69) is 0 Å². The predicted molar refractivity (Wildman–Crippen MR) is 89.2 cm³/mol. The SMILES string of the molecule is CCC[C@H]1CN(C(CC)C(=O)O)C(=O)C1S(=O)(=O)c1ccccc1. The summed E-state index contributed by atoms with van der Waals surface area (Å²) in [6.07, 6.45) is 1.55. The van der Waals surface area contributed by atoms with Gasteiger partial charge < -0.3 is 10.0 Å². The molecule has 0 radical (unpaired) electrons. The normalized spacial score (nSPS) is 22.6. The second-order valence-electron chi connectivity index (χ2n) is 6.08. The van der Waals surface area contributed by atoms with Crippen LogP contribution in [0.2, 0.25) is 0 Å². The van der Waals surface area contributed by atoms with Gasteiger partial charge in [-0.05, 0) is 25.0 Å². The van der Waals surface area contributed by atoms with Gasteiger partial charge in [-0.3, -0.25) is 4.79 Å². The molecule has 1 aromatic carbocycles. The van der Waals surface area contributed by atoms with Gasteiger partial charge in [0.25, 0.3) is 0 Å². The molecule has 0 aromatic heterocycles. The third kappa shape index (κ3) is 3.31. The minimum Gasteiger partial charge on any atom is -0.480 e. The van der Waals surface area contributed by atoms with Crippen LogP contribution in [0.1, 0.15) is 33.1 Å². The molecule has 1 aliphatic rings. The zero-order valence-corrected chi connectivity index (χ0v) is 14.7. The molecule has 0 aliphatic carbocycles. The molecule has 1 saturated heterocycles. The molecule has 6 nitrogen and oxygen atoms in total. The smallest absolute Gasteiger partial charge is 0.326 e. The largest absolute Gasteiger partial charge is 0.480 e. The Morgan fingerprint density at radius 2 is 1.92 bits per heavy atom. The van der Waals surface area contributed by atoms with E-state index in [1.807, 2.05) is 6.92 Å². The highest BCUT2D eigenvalue weighted by molar-refractivity contribution is 7.92. The number of nitrogens with zero attached hydrogens (tertiary/aromatic N) is 1. The average molecular weight is 353 g/mol. The number of carbonyl (C=O) groups excluding carboxylic acids is 1. The highest BCUT2D eigenvalue weighted by atomic mass is 32.2. The first-order valence-corrected chi connectivity index (χ1v) is 9.71. The third-order valence-corrected chi connectivity index (χ3v) is 6.68. The number of rotatable bonds is 7. The van der Waals surface area contributed by atoms with Crippen LogP contribution in [0.25, 0.3) is 0 Å². The Morgan fingerprint density at radius 3 is 2.42 bits per heavy atom. The molecule has 2 rings (SSSR count). The zero-order valence-electron chi connectivity index (χ0n) is 13.9. The lowest BCUT2D eigenvalue weighted by Gasteiger charge is -2.23. The summed E-state index contributed by atoms with van der Waals surface area (Å²) >= 11 is 0. The number of hydrogen-bond donors (Lipinski definition) is 1. The lowest BCUT2D eigenvalue weighted by molar-refractivity contribution is -0.148. The molecule has 0 saturated carbocycles. The molecule has 1 aromatic rings. The van der Waals surface area contributed by atoms with Gasteiger partial charge in [-0.25, -0.2) is 13.2 Å². The van der Waals surface area contributed by atoms with Crippen LogP contribution in [0.3, 0.4) is 0 Å². The molecule has 0 bridgehead atoms. The van der Waals surface area contributed by atoms with Gasteiger partial charge in [0.1, 0.15) is 11.3 Å².